The van der Waals surface area contributed by atoms with Crippen LogP contribution >= 0.6 is 15.9 Å². The van der Waals surface area contributed by atoms with E-state index in [2.05, 4.69) is 30.9 Å². The lowest BCUT2D eigenvalue weighted by Crippen LogP contribution is -2.46. The molecule has 1 saturated heterocycles. The van der Waals surface area contributed by atoms with Crippen LogP contribution in [0.4, 0.5) is 19.0 Å². The third-order valence-electron chi connectivity index (χ3n) is 3.23. The highest BCUT2D eigenvalue weighted by Gasteiger charge is 2.40. The zero-order chi connectivity index (χ0) is 14.3. The molecule has 1 aliphatic rings. The molecule has 0 unspecified atom stereocenters. The van der Waals surface area contributed by atoms with Gasteiger partial charge in [0, 0.05) is 36.2 Å². The van der Waals surface area contributed by atoms with E-state index >= 15 is 0 Å². The Hall–Kier alpha value is -1.57. The molecular formula is C12H10BrF3N4. The second kappa shape index (κ2) is 4.76. The number of rotatable bonds is 2. The van der Waals surface area contributed by atoms with Crippen LogP contribution < -0.4 is 4.90 Å². The maximum Gasteiger partial charge on any atom is 0.419 e. The van der Waals surface area contributed by atoms with Crippen molar-refractivity contribution in [2.75, 3.05) is 18.0 Å². The Kier molecular flexibility index (Phi) is 3.19. The minimum Gasteiger partial charge on any atom is -0.355 e. The van der Waals surface area contributed by atoms with Crippen LogP contribution in [0.25, 0.3) is 0 Å². The van der Waals surface area contributed by atoms with Gasteiger partial charge in [0.25, 0.3) is 0 Å². The van der Waals surface area contributed by atoms with E-state index in [0.717, 1.165) is 11.9 Å². The lowest BCUT2D eigenvalue weighted by atomic mass is 9.98. The fraction of sp³-hybridized carbons (Fsp3) is 0.333. The summed E-state index contributed by atoms with van der Waals surface area (Å²) in [6, 6.07) is 1.06. The quantitative estimate of drug-likeness (QED) is 0.908. The molecule has 3 rings (SSSR count). The van der Waals surface area contributed by atoms with E-state index in [1.54, 1.807) is 17.3 Å². The van der Waals surface area contributed by atoms with Crippen molar-refractivity contribution < 1.29 is 13.2 Å². The Bertz CT molecular complexity index is 606. The molecule has 8 heteroatoms. The highest BCUT2D eigenvalue weighted by molar-refractivity contribution is 9.10. The molecular weight excluding hydrogens is 337 g/mol. The lowest BCUT2D eigenvalue weighted by Gasteiger charge is -2.40. The van der Waals surface area contributed by atoms with E-state index in [4.69, 9.17) is 0 Å². The summed E-state index contributed by atoms with van der Waals surface area (Å²) in [6.45, 7) is 0.955. The van der Waals surface area contributed by atoms with Gasteiger partial charge < -0.3 is 9.88 Å². The van der Waals surface area contributed by atoms with Gasteiger partial charge in [-0.3, -0.25) is 0 Å². The maximum atomic E-state index is 13.0. The van der Waals surface area contributed by atoms with Crippen LogP contribution in [0.1, 0.15) is 17.3 Å². The Balaban J connectivity index is 1.82. The Morgan fingerprint density at radius 3 is 2.65 bits per heavy atom. The van der Waals surface area contributed by atoms with E-state index < -0.39 is 11.7 Å². The molecule has 20 heavy (non-hydrogen) atoms. The summed E-state index contributed by atoms with van der Waals surface area (Å²) < 4.78 is 39.4. The molecule has 0 amide bonds. The van der Waals surface area contributed by atoms with Crippen molar-refractivity contribution in [3.8, 4) is 0 Å². The van der Waals surface area contributed by atoms with Gasteiger partial charge in [-0.25, -0.2) is 9.97 Å². The van der Waals surface area contributed by atoms with Crippen LogP contribution in [0.15, 0.2) is 29.1 Å². The minimum absolute atomic E-state index is 0.0245. The molecule has 2 aromatic heterocycles. The van der Waals surface area contributed by atoms with Crippen molar-refractivity contribution in [1.82, 2.24) is 15.0 Å². The highest BCUT2D eigenvalue weighted by Crippen LogP contribution is 2.39. The van der Waals surface area contributed by atoms with Gasteiger partial charge in [-0.05, 0) is 22.0 Å². The standard InChI is InChI=1S/C12H10BrF3N4/c13-8-3-9(12(14,15)16)11(19-4-8)20-5-7(6-20)10-17-1-2-18-10/h1-4,7H,5-6H2,(H,17,18). The summed E-state index contributed by atoms with van der Waals surface area (Å²) in [6.07, 6.45) is 0.306. The molecule has 1 fully saturated rings. The van der Waals surface area contributed by atoms with Crippen LogP contribution in [-0.4, -0.2) is 28.0 Å². The molecule has 0 spiro atoms. The summed E-state index contributed by atoms with van der Waals surface area (Å²) in [5, 5.41) is 0. The van der Waals surface area contributed by atoms with Crippen molar-refractivity contribution in [3.63, 3.8) is 0 Å². The van der Waals surface area contributed by atoms with E-state index in [-0.39, 0.29) is 11.7 Å². The minimum atomic E-state index is -4.41. The largest absolute Gasteiger partial charge is 0.419 e. The molecule has 106 valence electrons. The molecule has 0 radical (unpaired) electrons. The predicted octanol–water partition coefficient (Wildman–Crippen LogP) is 3.19. The van der Waals surface area contributed by atoms with Gasteiger partial charge in [0.15, 0.2) is 0 Å². The number of aromatic amines is 1. The third kappa shape index (κ3) is 2.39. The molecule has 4 nitrogen and oxygen atoms in total. The monoisotopic (exact) mass is 346 g/mol. The number of hydrogen-bond acceptors (Lipinski definition) is 3. The summed E-state index contributed by atoms with van der Waals surface area (Å²) in [5.74, 6) is 0.895. The molecule has 0 saturated carbocycles. The van der Waals surface area contributed by atoms with E-state index in [1.807, 2.05) is 0 Å². The Labute approximate surface area is 121 Å². The van der Waals surface area contributed by atoms with Gasteiger partial charge in [-0.2, -0.15) is 13.2 Å². The molecule has 2 aromatic rings. The predicted molar refractivity (Wildman–Crippen MR) is 70.5 cm³/mol. The average molecular weight is 347 g/mol. The van der Waals surface area contributed by atoms with Crippen LogP contribution in [-0.2, 0) is 6.18 Å². The molecule has 0 atom stereocenters. The summed E-state index contributed by atoms with van der Waals surface area (Å²) >= 11 is 3.03. The number of H-pyrrole nitrogens is 1. The van der Waals surface area contributed by atoms with Gasteiger partial charge in [0.2, 0.25) is 0 Å². The summed E-state index contributed by atoms with van der Waals surface area (Å²) in [4.78, 5) is 12.6. The number of nitrogens with one attached hydrogen (secondary N) is 1. The first-order valence-electron chi connectivity index (χ1n) is 5.92. The first kappa shape index (κ1) is 13.4. The van der Waals surface area contributed by atoms with Crippen molar-refractivity contribution in [2.24, 2.45) is 0 Å². The molecule has 0 aromatic carbocycles. The molecule has 0 bridgehead atoms. The molecule has 1 aliphatic heterocycles. The van der Waals surface area contributed by atoms with Crippen LogP contribution in [0.2, 0.25) is 0 Å². The van der Waals surface area contributed by atoms with Crippen LogP contribution in [0, 0.1) is 0 Å². The zero-order valence-corrected chi connectivity index (χ0v) is 11.7. The Morgan fingerprint density at radius 1 is 1.30 bits per heavy atom. The fourth-order valence-corrected chi connectivity index (χ4v) is 2.55. The number of imidazole rings is 1. The summed E-state index contributed by atoms with van der Waals surface area (Å²) in [5.41, 5.74) is -0.718. The molecule has 3 heterocycles. The third-order valence-corrected chi connectivity index (χ3v) is 3.66. The lowest BCUT2D eigenvalue weighted by molar-refractivity contribution is -0.137. The average Bonchev–Trinajstić information content (AvgIpc) is 2.81. The van der Waals surface area contributed by atoms with Crippen molar-refractivity contribution >= 4 is 21.7 Å². The molecule has 1 N–H and O–H groups in total. The van der Waals surface area contributed by atoms with Gasteiger partial charge in [-0.15, -0.1) is 0 Å². The number of anilines is 1. The van der Waals surface area contributed by atoms with E-state index in [0.29, 0.717) is 17.6 Å². The van der Waals surface area contributed by atoms with E-state index in [9.17, 15) is 13.2 Å². The number of alkyl halides is 3. The van der Waals surface area contributed by atoms with Crippen molar-refractivity contribution in [2.45, 2.75) is 12.1 Å². The second-order valence-corrected chi connectivity index (χ2v) is 5.51. The second-order valence-electron chi connectivity index (χ2n) is 4.60. The van der Waals surface area contributed by atoms with Gasteiger partial charge in [0.05, 0.1) is 11.5 Å². The zero-order valence-electron chi connectivity index (χ0n) is 10.2. The Morgan fingerprint density at radius 2 is 2.05 bits per heavy atom. The van der Waals surface area contributed by atoms with Gasteiger partial charge in [0.1, 0.15) is 11.6 Å². The number of pyridine rings is 1. The van der Waals surface area contributed by atoms with Crippen molar-refractivity contribution in [1.29, 1.82) is 0 Å². The SMILES string of the molecule is FC(F)(F)c1cc(Br)cnc1N1CC(c2ncc[nH]2)C1. The topological polar surface area (TPSA) is 44.8 Å². The fourth-order valence-electron chi connectivity index (χ4n) is 2.22. The number of nitrogens with zero attached hydrogens (tertiary/aromatic N) is 3. The van der Waals surface area contributed by atoms with Gasteiger partial charge in [-0.1, -0.05) is 0 Å². The normalized spacial score (nSPS) is 16.3. The first-order valence-corrected chi connectivity index (χ1v) is 6.71. The maximum absolute atomic E-state index is 13.0. The summed E-state index contributed by atoms with van der Waals surface area (Å²) in [7, 11) is 0. The molecule has 0 aliphatic carbocycles. The van der Waals surface area contributed by atoms with Crippen molar-refractivity contribution in [3.05, 3.63) is 40.5 Å². The first-order chi connectivity index (χ1) is 9.45. The number of hydrogen-bond donors (Lipinski definition) is 1. The van der Waals surface area contributed by atoms with E-state index in [1.165, 1.54) is 6.20 Å². The van der Waals surface area contributed by atoms with Crippen LogP contribution in [0.5, 0.6) is 0 Å². The van der Waals surface area contributed by atoms with Crippen LogP contribution in [0.3, 0.4) is 0 Å². The number of halogens is 4. The smallest absolute Gasteiger partial charge is 0.355 e. The number of aromatic nitrogens is 3. The highest BCUT2D eigenvalue weighted by atomic mass is 79.9. The van der Waals surface area contributed by atoms with Gasteiger partial charge >= 0.3 is 6.18 Å².